The summed E-state index contributed by atoms with van der Waals surface area (Å²) in [4.78, 5) is 0. The largest absolute Gasteiger partial charge is 0.327 e. The number of hydrogen-bond acceptors (Lipinski definition) is 2. The molecule has 0 aromatic heterocycles. The second kappa shape index (κ2) is 7.46. The van der Waals surface area contributed by atoms with Gasteiger partial charge in [0, 0.05) is 19.1 Å². The Kier molecular flexibility index (Phi) is 6.23. The molecule has 0 heterocycles. The number of aryl methyl sites for hydroxylation is 1. The smallest absolute Gasteiger partial charge is 0.0206 e. The predicted molar refractivity (Wildman–Crippen MR) is 75.0 cm³/mol. The number of hydrogen-bond donors (Lipinski definition) is 2. The first-order chi connectivity index (χ1) is 8.11. The van der Waals surface area contributed by atoms with Gasteiger partial charge in [-0.25, -0.2) is 0 Å². The SMILES string of the molecule is CCc1ccc(CNCC(N)CC(C)C)cc1. The summed E-state index contributed by atoms with van der Waals surface area (Å²) in [6.07, 6.45) is 2.19. The van der Waals surface area contributed by atoms with E-state index in [-0.39, 0.29) is 6.04 Å². The lowest BCUT2D eigenvalue weighted by atomic mass is 10.0. The minimum atomic E-state index is 0.268. The summed E-state index contributed by atoms with van der Waals surface area (Å²) in [6.45, 7) is 8.41. The van der Waals surface area contributed by atoms with Crippen LogP contribution in [0, 0.1) is 5.92 Å². The van der Waals surface area contributed by atoms with Gasteiger partial charge in [-0.15, -0.1) is 0 Å². The molecule has 0 aliphatic carbocycles. The topological polar surface area (TPSA) is 38.0 Å². The van der Waals surface area contributed by atoms with E-state index in [1.807, 2.05) is 0 Å². The summed E-state index contributed by atoms with van der Waals surface area (Å²) < 4.78 is 0. The molecule has 1 aromatic carbocycles. The van der Waals surface area contributed by atoms with Gasteiger partial charge >= 0.3 is 0 Å². The van der Waals surface area contributed by atoms with Crippen LogP contribution in [0.3, 0.4) is 0 Å². The fourth-order valence-electron chi connectivity index (χ4n) is 1.98. The number of benzene rings is 1. The van der Waals surface area contributed by atoms with E-state index in [1.165, 1.54) is 11.1 Å². The van der Waals surface area contributed by atoms with Crippen LogP contribution in [0.4, 0.5) is 0 Å². The molecular formula is C15H26N2. The van der Waals surface area contributed by atoms with Crippen molar-refractivity contribution in [3.05, 3.63) is 35.4 Å². The van der Waals surface area contributed by atoms with Gasteiger partial charge in [0.25, 0.3) is 0 Å². The predicted octanol–water partition coefficient (Wildman–Crippen LogP) is 2.71. The number of rotatable bonds is 7. The molecule has 2 nitrogen and oxygen atoms in total. The van der Waals surface area contributed by atoms with E-state index in [9.17, 15) is 0 Å². The average molecular weight is 234 g/mol. The standard InChI is InChI=1S/C15H26N2/c1-4-13-5-7-14(8-6-13)10-17-11-15(16)9-12(2)3/h5-8,12,15,17H,4,9-11,16H2,1-3H3. The molecule has 96 valence electrons. The third-order valence-corrected chi connectivity index (χ3v) is 2.94. The minimum Gasteiger partial charge on any atom is -0.327 e. The molecule has 2 heteroatoms. The maximum Gasteiger partial charge on any atom is 0.0206 e. The van der Waals surface area contributed by atoms with Crippen molar-refractivity contribution in [3.8, 4) is 0 Å². The highest BCUT2D eigenvalue weighted by Crippen LogP contribution is 2.05. The van der Waals surface area contributed by atoms with Gasteiger partial charge in [-0.2, -0.15) is 0 Å². The fourth-order valence-corrected chi connectivity index (χ4v) is 1.98. The average Bonchev–Trinajstić information content (AvgIpc) is 2.29. The Morgan fingerprint density at radius 3 is 2.24 bits per heavy atom. The maximum absolute atomic E-state index is 6.02. The van der Waals surface area contributed by atoms with Crippen molar-refractivity contribution in [2.24, 2.45) is 11.7 Å². The first kappa shape index (κ1) is 14.2. The van der Waals surface area contributed by atoms with Gasteiger partial charge in [0.15, 0.2) is 0 Å². The molecule has 1 atom stereocenters. The molecule has 0 radical (unpaired) electrons. The van der Waals surface area contributed by atoms with Gasteiger partial charge < -0.3 is 11.1 Å². The third kappa shape index (κ3) is 5.85. The van der Waals surface area contributed by atoms with Crippen molar-refractivity contribution < 1.29 is 0 Å². The molecule has 1 aromatic rings. The van der Waals surface area contributed by atoms with Crippen molar-refractivity contribution in [2.45, 2.75) is 46.2 Å². The van der Waals surface area contributed by atoms with E-state index in [1.54, 1.807) is 0 Å². The Morgan fingerprint density at radius 2 is 1.71 bits per heavy atom. The molecule has 1 rings (SSSR count). The molecule has 0 bridgehead atoms. The van der Waals surface area contributed by atoms with E-state index < -0.39 is 0 Å². The molecule has 0 aliphatic heterocycles. The third-order valence-electron chi connectivity index (χ3n) is 2.94. The lowest BCUT2D eigenvalue weighted by Gasteiger charge is -2.14. The molecular weight excluding hydrogens is 208 g/mol. The summed E-state index contributed by atoms with van der Waals surface area (Å²) in [6, 6.07) is 9.06. The zero-order valence-electron chi connectivity index (χ0n) is 11.4. The summed E-state index contributed by atoms with van der Waals surface area (Å²) >= 11 is 0. The van der Waals surface area contributed by atoms with Crippen LogP contribution in [0.5, 0.6) is 0 Å². The molecule has 3 N–H and O–H groups in total. The van der Waals surface area contributed by atoms with E-state index in [0.717, 1.165) is 25.9 Å². The highest BCUT2D eigenvalue weighted by Gasteiger charge is 2.04. The number of nitrogens with one attached hydrogen (secondary N) is 1. The number of nitrogens with two attached hydrogens (primary N) is 1. The highest BCUT2D eigenvalue weighted by molar-refractivity contribution is 5.22. The Hall–Kier alpha value is -0.860. The van der Waals surface area contributed by atoms with Crippen LogP contribution in [0.2, 0.25) is 0 Å². The quantitative estimate of drug-likeness (QED) is 0.761. The van der Waals surface area contributed by atoms with E-state index in [4.69, 9.17) is 5.73 Å². The van der Waals surface area contributed by atoms with Crippen molar-refractivity contribution in [1.29, 1.82) is 0 Å². The zero-order valence-corrected chi connectivity index (χ0v) is 11.4. The molecule has 0 saturated carbocycles. The van der Waals surface area contributed by atoms with Gasteiger partial charge in [-0.3, -0.25) is 0 Å². The molecule has 0 aliphatic rings. The van der Waals surface area contributed by atoms with Crippen molar-refractivity contribution in [1.82, 2.24) is 5.32 Å². The maximum atomic E-state index is 6.02. The fraction of sp³-hybridized carbons (Fsp3) is 0.600. The highest BCUT2D eigenvalue weighted by atomic mass is 14.9. The lowest BCUT2D eigenvalue weighted by Crippen LogP contribution is -2.34. The zero-order chi connectivity index (χ0) is 12.7. The Bertz CT molecular complexity index is 303. The van der Waals surface area contributed by atoms with Gasteiger partial charge in [-0.05, 0) is 29.9 Å². The van der Waals surface area contributed by atoms with E-state index >= 15 is 0 Å². The summed E-state index contributed by atoms with van der Waals surface area (Å²) in [5, 5.41) is 3.42. The molecule has 0 amide bonds. The molecule has 17 heavy (non-hydrogen) atoms. The molecule has 1 unspecified atom stereocenters. The molecule has 0 fully saturated rings. The van der Waals surface area contributed by atoms with Gasteiger partial charge in [0.05, 0.1) is 0 Å². The molecule has 0 spiro atoms. The minimum absolute atomic E-state index is 0.268. The van der Waals surface area contributed by atoms with E-state index in [0.29, 0.717) is 5.92 Å². The van der Waals surface area contributed by atoms with Crippen LogP contribution in [-0.4, -0.2) is 12.6 Å². The van der Waals surface area contributed by atoms with Crippen LogP contribution in [-0.2, 0) is 13.0 Å². The van der Waals surface area contributed by atoms with Gasteiger partial charge in [0.1, 0.15) is 0 Å². The van der Waals surface area contributed by atoms with Crippen LogP contribution < -0.4 is 11.1 Å². The Labute approximate surface area is 106 Å². The Balaban J connectivity index is 2.25. The monoisotopic (exact) mass is 234 g/mol. The second-order valence-electron chi connectivity index (χ2n) is 5.19. The summed E-state index contributed by atoms with van der Waals surface area (Å²) in [5.41, 5.74) is 8.75. The van der Waals surface area contributed by atoms with Crippen molar-refractivity contribution >= 4 is 0 Å². The Morgan fingerprint density at radius 1 is 1.12 bits per heavy atom. The van der Waals surface area contributed by atoms with Crippen molar-refractivity contribution in [3.63, 3.8) is 0 Å². The molecule has 0 saturated heterocycles. The summed E-state index contributed by atoms with van der Waals surface area (Å²) in [7, 11) is 0. The first-order valence-electron chi connectivity index (χ1n) is 6.66. The van der Waals surface area contributed by atoms with E-state index in [2.05, 4.69) is 50.4 Å². The van der Waals surface area contributed by atoms with Crippen LogP contribution >= 0.6 is 0 Å². The van der Waals surface area contributed by atoms with Gasteiger partial charge in [-0.1, -0.05) is 45.0 Å². The van der Waals surface area contributed by atoms with Crippen molar-refractivity contribution in [2.75, 3.05) is 6.54 Å². The first-order valence-corrected chi connectivity index (χ1v) is 6.66. The van der Waals surface area contributed by atoms with Crippen LogP contribution in [0.15, 0.2) is 24.3 Å². The van der Waals surface area contributed by atoms with Gasteiger partial charge in [0.2, 0.25) is 0 Å². The lowest BCUT2D eigenvalue weighted by molar-refractivity contribution is 0.467. The normalized spacial score (nSPS) is 13.0. The van der Waals surface area contributed by atoms with Crippen LogP contribution in [0.1, 0.15) is 38.3 Å². The van der Waals surface area contributed by atoms with Crippen LogP contribution in [0.25, 0.3) is 0 Å². The summed E-state index contributed by atoms with van der Waals surface area (Å²) in [5.74, 6) is 0.677. The second-order valence-corrected chi connectivity index (χ2v) is 5.19.